The molecule has 2 heterocycles. The van der Waals surface area contributed by atoms with E-state index in [1.807, 2.05) is 6.08 Å². The van der Waals surface area contributed by atoms with Gasteiger partial charge in [0.15, 0.2) is 11.6 Å². The number of carbonyl (C=O) groups is 2. The predicted molar refractivity (Wildman–Crippen MR) is 136 cm³/mol. The molecule has 1 N–H and O–H groups in total. The molecule has 9 heteroatoms. The summed E-state index contributed by atoms with van der Waals surface area (Å²) in [6, 6.07) is 13.1. The Morgan fingerprint density at radius 1 is 1.00 bits per heavy atom. The first-order chi connectivity index (χ1) is 17.3. The zero-order chi connectivity index (χ0) is 25.3. The lowest BCUT2D eigenvalue weighted by molar-refractivity contribution is -0.115. The van der Waals surface area contributed by atoms with Crippen molar-refractivity contribution in [1.82, 2.24) is 13.9 Å². The highest BCUT2D eigenvalue weighted by molar-refractivity contribution is 9.12. The second kappa shape index (κ2) is 8.03. The molecule has 3 aliphatic rings. The number of fused-ring (bicyclic) bond motifs is 3. The summed E-state index contributed by atoms with van der Waals surface area (Å²) in [5.74, 6) is -1.05. The second-order valence-corrected chi connectivity index (χ2v) is 10.00. The fraction of sp³-hybridized carbons (Fsp3) is 0.185. The van der Waals surface area contributed by atoms with Crippen LogP contribution in [-0.2, 0) is 16.1 Å². The number of rotatable bonds is 2. The van der Waals surface area contributed by atoms with Gasteiger partial charge < -0.3 is 5.11 Å². The van der Waals surface area contributed by atoms with Gasteiger partial charge >= 0.3 is 11.4 Å². The first-order valence-corrected chi connectivity index (χ1v) is 12.3. The minimum Gasteiger partial charge on any atom is -0.508 e. The van der Waals surface area contributed by atoms with Gasteiger partial charge in [-0.05, 0) is 57.8 Å². The summed E-state index contributed by atoms with van der Waals surface area (Å²) in [7, 11) is 0. The Labute approximate surface area is 213 Å². The lowest BCUT2D eigenvalue weighted by Gasteiger charge is -2.39. The molecule has 8 nitrogen and oxygen atoms in total. The van der Waals surface area contributed by atoms with E-state index in [1.165, 1.54) is 15.4 Å². The van der Waals surface area contributed by atoms with Crippen LogP contribution in [0.15, 0.2) is 91.5 Å². The number of hydrogen-bond acceptors (Lipinski definition) is 5. The molecule has 1 aromatic heterocycles. The van der Waals surface area contributed by atoms with Crippen LogP contribution in [-0.4, -0.2) is 30.6 Å². The number of aromatic hydroxyl groups is 1. The van der Waals surface area contributed by atoms with Crippen molar-refractivity contribution >= 4 is 27.5 Å². The first kappa shape index (κ1) is 22.5. The Morgan fingerprint density at radius 2 is 1.75 bits per heavy atom. The van der Waals surface area contributed by atoms with E-state index in [-0.39, 0.29) is 34.8 Å². The lowest BCUT2D eigenvalue weighted by atomic mass is 9.68. The smallest absolute Gasteiger partial charge is 0.352 e. The van der Waals surface area contributed by atoms with E-state index in [0.717, 1.165) is 15.7 Å². The van der Waals surface area contributed by atoms with Crippen molar-refractivity contribution in [2.75, 3.05) is 0 Å². The number of para-hydroxylation sites is 1. The van der Waals surface area contributed by atoms with E-state index in [0.29, 0.717) is 22.4 Å². The standard InChI is InChI=1S/C27H20BrN3O5/c1-14-11-15(7-8-21(14)32)23-17-9-10-29-26(35)30(16-5-3-2-4-6-16)27(36)31(29)20(17)12-18-24(23)22(33)13-19(28)25(18)34/h2-9,11,13,20,23,32H,10,12H2,1H3/t20-,23+/m1/s1. The van der Waals surface area contributed by atoms with E-state index in [9.17, 15) is 24.3 Å². The molecule has 0 fully saturated rings. The quantitative estimate of drug-likeness (QED) is 0.393. The maximum atomic E-state index is 13.7. The summed E-state index contributed by atoms with van der Waals surface area (Å²) in [4.78, 5) is 53.4. The molecule has 0 unspecified atom stereocenters. The van der Waals surface area contributed by atoms with Crippen molar-refractivity contribution in [2.24, 2.45) is 0 Å². The van der Waals surface area contributed by atoms with Crippen molar-refractivity contribution < 1.29 is 14.7 Å². The number of carbonyl (C=O) groups excluding carboxylic acids is 2. The Hall–Kier alpha value is -3.98. The minimum absolute atomic E-state index is 0.112. The summed E-state index contributed by atoms with van der Waals surface area (Å²) >= 11 is 3.21. The number of allylic oxidation sites excluding steroid dienone is 6. The molecule has 2 aromatic carbocycles. The molecule has 3 aromatic rings. The number of hydrogen-bond donors (Lipinski definition) is 1. The number of phenolic OH excluding ortho intramolecular Hbond substituents is 1. The molecule has 2 aliphatic carbocycles. The van der Waals surface area contributed by atoms with Gasteiger partial charge in [0.05, 0.1) is 22.8 Å². The third-order valence-corrected chi connectivity index (χ3v) is 7.76. The Bertz CT molecular complexity index is 1700. The van der Waals surface area contributed by atoms with E-state index in [2.05, 4.69) is 15.9 Å². The van der Waals surface area contributed by atoms with Gasteiger partial charge in [-0.3, -0.25) is 9.59 Å². The van der Waals surface area contributed by atoms with Gasteiger partial charge in [-0.1, -0.05) is 36.4 Å². The SMILES string of the molecule is Cc1cc([C@H]2C3=CCn4c(=O)n(-c5ccccc5)c(=O)n4[C@@H]3CC3=C2C(=O)C=C(Br)C3=O)ccc1O. The molecule has 2 atom stereocenters. The van der Waals surface area contributed by atoms with E-state index >= 15 is 0 Å². The highest BCUT2D eigenvalue weighted by atomic mass is 79.9. The van der Waals surface area contributed by atoms with Crippen LogP contribution in [0.25, 0.3) is 5.69 Å². The molecule has 180 valence electrons. The van der Waals surface area contributed by atoms with Gasteiger partial charge in [0.25, 0.3) is 0 Å². The minimum atomic E-state index is -0.628. The van der Waals surface area contributed by atoms with Crippen LogP contribution >= 0.6 is 15.9 Å². The van der Waals surface area contributed by atoms with Gasteiger partial charge in [0.1, 0.15) is 5.75 Å². The number of ketones is 2. The average molecular weight is 546 g/mol. The number of nitrogens with zero attached hydrogens (tertiary/aromatic N) is 3. The number of Topliss-reactive ketones (excluding diaryl/α,β-unsaturated/α-hetero) is 1. The molecule has 6 rings (SSSR count). The normalized spacial score (nSPS) is 20.9. The zero-order valence-electron chi connectivity index (χ0n) is 19.1. The maximum Gasteiger partial charge on any atom is 0.352 e. The molecule has 0 saturated heterocycles. The maximum absolute atomic E-state index is 13.7. The monoisotopic (exact) mass is 545 g/mol. The molecule has 0 bridgehead atoms. The summed E-state index contributed by atoms with van der Waals surface area (Å²) in [5, 5.41) is 10.1. The highest BCUT2D eigenvalue weighted by Crippen LogP contribution is 2.50. The van der Waals surface area contributed by atoms with Crippen molar-refractivity contribution in [3.8, 4) is 11.4 Å². The van der Waals surface area contributed by atoms with Gasteiger partial charge in [0.2, 0.25) is 0 Å². The molecule has 0 spiro atoms. The lowest BCUT2D eigenvalue weighted by Crippen LogP contribution is -2.40. The largest absolute Gasteiger partial charge is 0.508 e. The Morgan fingerprint density at radius 3 is 2.47 bits per heavy atom. The molecule has 36 heavy (non-hydrogen) atoms. The van der Waals surface area contributed by atoms with Crippen LogP contribution in [0.2, 0.25) is 0 Å². The summed E-state index contributed by atoms with van der Waals surface area (Å²) in [6.45, 7) is 1.91. The molecular weight excluding hydrogens is 526 g/mol. The number of aromatic nitrogens is 3. The first-order valence-electron chi connectivity index (χ1n) is 11.5. The molecule has 0 radical (unpaired) electrons. The number of benzene rings is 2. The summed E-state index contributed by atoms with van der Waals surface area (Å²) in [5.41, 5.74) is 2.32. The van der Waals surface area contributed by atoms with Crippen molar-refractivity contribution in [3.63, 3.8) is 0 Å². The predicted octanol–water partition coefficient (Wildman–Crippen LogP) is 3.21. The van der Waals surface area contributed by atoms with Crippen LogP contribution in [0.1, 0.15) is 29.5 Å². The highest BCUT2D eigenvalue weighted by Gasteiger charge is 2.45. The third-order valence-electron chi connectivity index (χ3n) is 7.17. The van der Waals surface area contributed by atoms with Crippen LogP contribution in [0.3, 0.4) is 0 Å². The zero-order valence-corrected chi connectivity index (χ0v) is 20.7. The van der Waals surface area contributed by atoms with Gasteiger partial charge in [-0.2, -0.15) is 0 Å². The molecule has 0 amide bonds. The molecular formula is C27H20BrN3O5. The molecule has 1 aliphatic heterocycles. The van der Waals surface area contributed by atoms with Gasteiger partial charge in [-0.25, -0.2) is 23.5 Å². The average Bonchev–Trinajstić information content (AvgIpc) is 3.13. The van der Waals surface area contributed by atoms with Crippen molar-refractivity contribution in [1.29, 1.82) is 0 Å². The summed E-state index contributed by atoms with van der Waals surface area (Å²) in [6.07, 6.45) is 3.28. The van der Waals surface area contributed by atoms with Crippen LogP contribution < -0.4 is 11.4 Å². The van der Waals surface area contributed by atoms with Gasteiger partial charge in [0, 0.05) is 29.6 Å². The Kier molecular flexibility index (Phi) is 5.01. The number of aryl methyl sites for hydroxylation is 1. The van der Waals surface area contributed by atoms with E-state index in [4.69, 9.17) is 0 Å². The second-order valence-electron chi connectivity index (χ2n) is 9.14. The molecule has 0 saturated carbocycles. The van der Waals surface area contributed by atoms with Crippen molar-refractivity contribution in [3.05, 3.63) is 114 Å². The van der Waals surface area contributed by atoms with Crippen LogP contribution in [0.5, 0.6) is 5.75 Å². The van der Waals surface area contributed by atoms with E-state index in [1.54, 1.807) is 55.5 Å². The third kappa shape index (κ3) is 3.12. The Balaban J connectivity index is 1.60. The van der Waals surface area contributed by atoms with Gasteiger partial charge in [-0.15, -0.1) is 0 Å². The van der Waals surface area contributed by atoms with E-state index < -0.39 is 23.3 Å². The van der Waals surface area contributed by atoms with Crippen molar-refractivity contribution in [2.45, 2.75) is 31.8 Å². The topological polar surface area (TPSA) is 103 Å². The van der Waals surface area contributed by atoms with Crippen LogP contribution in [0, 0.1) is 6.92 Å². The summed E-state index contributed by atoms with van der Waals surface area (Å²) < 4.78 is 4.10. The van der Waals surface area contributed by atoms with Crippen LogP contribution in [0.4, 0.5) is 0 Å². The fourth-order valence-corrected chi connectivity index (χ4v) is 5.96. The number of halogens is 1. The number of phenols is 1. The fourth-order valence-electron chi connectivity index (χ4n) is 5.51.